The largest absolute Gasteiger partial charge is 0.408 e. The van der Waals surface area contributed by atoms with E-state index in [1.807, 2.05) is 18.7 Å². The van der Waals surface area contributed by atoms with Crippen molar-refractivity contribution in [2.45, 2.75) is 58.2 Å². The zero-order chi connectivity index (χ0) is 21.8. The topological polar surface area (TPSA) is 86.0 Å². The van der Waals surface area contributed by atoms with Crippen molar-refractivity contribution in [3.63, 3.8) is 0 Å². The zero-order valence-electron chi connectivity index (χ0n) is 17.0. The molecule has 164 valence electrons. The van der Waals surface area contributed by atoms with Gasteiger partial charge < -0.3 is 15.3 Å². The molecular formula is C19H25F3N6O2. The predicted molar refractivity (Wildman–Crippen MR) is 103 cm³/mol. The quantitative estimate of drug-likeness (QED) is 0.760. The number of aromatic nitrogens is 3. The number of nitrogens with zero attached hydrogens (tertiary/aromatic N) is 5. The molecule has 2 aromatic rings. The highest BCUT2D eigenvalue weighted by atomic mass is 19.4. The van der Waals surface area contributed by atoms with Crippen LogP contribution in [0.2, 0.25) is 0 Å². The summed E-state index contributed by atoms with van der Waals surface area (Å²) in [6.07, 6.45) is -3.26. The summed E-state index contributed by atoms with van der Waals surface area (Å²) in [4.78, 5) is 20.8. The standard InChI is InChI=1S/C19H25F3N6O2/c1-10(2)26-6-7-27(18(26)30)14-8-11(3)28-16(24-14)13(9-23-28)17(29)25-15(12-4-5-12)19(20,21)22/h8-10,12,15,18,30H,4-7H2,1-3H3,(H,25,29)/t15-,18?/m1/s1. The summed E-state index contributed by atoms with van der Waals surface area (Å²) in [5.41, 5.74) is 0.789. The van der Waals surface area contributed by atoms with Crippen molar-refractivity contribution in [1.29, 1.82) is 0 Å². The van der Waals surface area contributed by atoms with Crippen molar-refractivity contribution in [2.75, 3.05) is 18.0 Å². The van der Waals surface area contributed by atoms with Gasteiger partial charge in [0, 0.05) is 30.9 Å². The van der Waals surface area contributed by atoms with Gasteiger partial charge in [-0.15, -0.1) is 0 Å². The van der Waals surface area contributed by atoms with Crippen LogP contribution in [0.3, 0.4) is 0 Å². The highest BCUT2D eigenvalue weighted by Gasteiger charge is 2.50. The Hall–Kier alpha value is -2.40. The van der Waals surface area contributed by atoms with Gasteiger partial charge in [0.25, 0.3) is 5.91 Å². The zero-order valence-corrected chi connectivity index (χ0v) is 17.0. The van der Waals surface area contributed by atoms with Gasteiger partial charge in [0.1, 0.15) is 17.4 Å². The lowest BCUT2D eigenvalue weighted by molar-refractivity contribution is -0.158. The second-order valence-corrected chi connectivity index (χ2v) is 8.25. The number of alkyl halides is 3. The number of rotatable bonds is 5. The molecule has 2 atom stereocenters. The molecule has 1 unspecified atom stereocenters. The Kier molecular flexibility index (Phi) is 5.13. The van der Waals surface area contributed by atoms with Gasteiger partial charge in [-0.05, 0) is 39.5 Å². The predicted octanol–water partition coefficient (Wildman–Crippen LogP) is 1.91. The Morgan fingerprint density at radius 2 is 2.00 bits per heavy atom. The van der Waals surface area contributed by atoms with Crippen molar-refractivity contribution in [3.05, 3.63) is 23.5 Å². The molecule has 3 heterocycles. The van der Waals surface area contributed by atoms with E-state index in [0.29, 0.717) is 37.4 Å². The number of aliphatic hydroxyl groups excluding tert-OH is 1. The molecule has 0 aromatic carbocycles. The monoisotopic (exact) mass is 426 g/mol. The summed E-state index contributed by atoms with van der Waals surface area (Å²) >= 11 is 0. The second kappa shape index (κ2) is 7.38. The van der Waals surface area contributed by atoms with Crippen molar-refractivity contribution in [3.8, 4) is 0 Å². The van der Waals surface area contributed by atoms with E-state index in [1.165, 1.54) is 10.7 Å². The smallest absolute Gasteiger partial charge is 0.361 e. The first-order valence-corrected chi connectivity index (χ1v) is 10.0. The molecule has 0 bridgehead atoms. The van der Waals surface area contributed by atoms with Gasteiger partial charge in [-0.1, -0.05) is 0 Å². The third-order valence-corrected chi connectivity index (χ3v) is 5.75. The van der Waals surface area contributed by atoms with Crippen LogP contribution >= 0.6 is 0 Å². The fourth-order valence-corrected chi connectivity index (χ4v) is 3.91. The van der Waals surface area contributed by atoms with Gasteiger partial charge in [-0.2, -0.15) is 18.3 Å². The lowest BCUT2D eigenvalue weighted by atomic mass is 10.1. The number of halogens is 3. The molecule has 4 rings (SSSR count). The van der Waals surface area contributed by atoms with Crippen LogP contribution in [0.5, 0.6) is 0 Å². The fourth-order valence-electron chi connectivity index (χ4n) is 3.91. The van der Waals surface area contributed by atoms with E-state index in [4.69, 9.17) is 0 Å². The van der Waals surface area contributed by atoms with Gasteiger partial charge in [-0.25, -0.2) is 9.50 Å². The summed E-state index contributed by atoms with van der Waals surface area (Å²) in [6.45, 7) is 6.90. The number of anilines is 1. The number of carbonyl (C=O) groups is 1. The van der Waals surface area contributed by atoms with E-state index >= 15 is 0 Å². The molecule has 2 aromatic heterocycles. The minimum Gasteiger partial charge on any atom is -0.361 e. The minimum atomic E-state index is -4.51. The summed E-state index contributed by atoms with van der Waals surface area (Å²) < 4.78 is 41.4. The molecule has 2 aliphatic rings. The Balaban J connectivity index is 1.65. The molecule has 8 nitrogen and oxygen atoms in total. The van der Waals surface area contributed by atoms with Crippen LogP contribution in [0, 0.1) is 12.8 Å². The van der Waals surface area contributed by atoms with Crippen molar-refractivity contribution in [2.24, 2.45) is 5.92 Å². The van der Waals surface area contributed by atoms with E-state index in [2.05, 4.69) is 15.4 Å². The molecule has 0 radical (unpaired) electrons. The Morgan fingerprint density at radius 1 is 1.30 bits per heavy atom. The highest BCUT2D eigenvalue weighted by molar-refractivity contribution is 6.00. The second-order valence-electron chi connectivity index (χ2n) is 8.25. The van der Waals surface area contributed by atoms with E-state index in [0.717, 1.165) is 0 Å². The lowest BCUT2D eigenvalue weighted by Gasteiger charge is -2.28. The normalized spacial score (nSPS) is 21.6. The third kappa shape index (κ3) is 3.71. The molecule has 30 heavy (non-hydrogen) atoms. The number of carbonyl (C=O) groups excluding carboxylic acids is 1. The molecule has 1 amide bonds. The number of amides is 1. The number of aryl methyl sites for hydroxylation is 1. The number of aliphatic hydroxyl groups is 1. The van der Waals surface area contributed by atoms with E-state index in [1.54, 1.807) is 17.9 Å². The lowest BCUT2D eigenvalue weighted by Crippen LogP contribution is -2.47. The average molecular weight is 426 g/mol. The first kappa shape index (κ1) is 20.9. The summed E-state index contributed by atoms with van der Waals surface area (Å²) in [6, 6.07) is -0.00522. The number of nitrogens with one attached hydrogen (secondary N) is 1. The number of fused-ring (bicyclic) bond motifs is 1. The summed E-state index contributed by atoms with van der Waals surface area (Å²) in [7, 11) is 0. The van der Waals surface area contributed by atoms with Crippen LogP contribution < -0.4 is 10.2 Å². The van der Waals surface area contributed by atoms with Gasteiger partial charge in [0.2, 0.25) is 0 Å². The molecule has 0 spiro atoms. The van der Waals surface area contributed by atoms with Gasteiger partial charge in [0.15, 0.2) is 12.0 Å². The summed E-state index contributed by atoms with van der Waals surface area (Å²) in [5, 5.41) is 16.9. The Morgan fingerprint density at radius 3 is 2.57 bits per heavy atom. The van der Waals surface area contributed by atoms with Crippen LogP contribution in [-0.2, 0) is 0 Å². The van der Waals surface area contributed by atoms with Crippen LogP contribution in [-0.4, -0.2) is 68.2 Å². The minimum absolute atomic E-state index is 0.0238. The fraction of sp³-hybridized carbons (Fsp3) is 0.632. The molecule has 1 saturated heterocycles. The van der Waals surface area contributed by atoms with Crippen LogP contribution in [0.1, 0.15) is 42.7 Å². The van der Waals surface area contributed by atoms with Gasteiger partial charge in [0.05, 0.1) is 6.20 Å². The van der Waals surface area contributed by atoms with Crippen molar-refractivity contribution in [1.82, 2.24) is 24.8 Å². The van der Waals surface area contributed by atoms with Crippen molar-refractivity contribution >= 4 is 17.4 Å². The molecular weight excluding hydrogens is 401 g/mol. The van der Waals surface area contributed by atoms with E-state index in [9.17, 15) is 23.1 Å². The first-order valence-electron chi connectivity index (χ1n) is 10.0. The molecule has 1 aliphatic carbocycles. The summed E-state index contributed by atoms with van der Waals surface area (Å²) in [5.74, 6) is -0.989. The SMILES string of the molecule is Cc1cc(N2CCN(C(C)C)C2O)nc2c(C(=O)N[C@H](C3CC3)C(F)(F)F)cnn12. The van der Waals surface area contributed by atoms with E-state index in [-0.39, 0.29) is 17.3 Å². The Labute approximate surface area is 171 Å². The maximum absolute atomic E-state index is 13.3. The maximum Gasteiger partial charge on any atom is 0.408 e. The molecule has 1 saturated carbocycles. The van der Waals surface area contributed by atoms with E-state index < -0.39 is 30.4 Å². The number of hydrogen-bond acceptors (Lipinski definition) is 6. The van der Waals surface area contributed by atoms with Crippen LogP contribution in [0.25, 0.3) is 5.65 Å². The molecule has 2 fully saturated rings. The van der Waals surface area contributed by atoms with Crippen molar-refractivity contribution < 1.29 is 23.1 Å². The molecule has 11 heteroatoms. The maximum atomic E-state index is 13.3. The Bertz CT molecular complexity index is 956. The third-order valence-electron chi connectivity index (χ3n) is 5.75. The first-order chi connectivity index (χ1) is 14.1. The van der Waals surface area contributed by atoms with Crippen LogP contribution in [0.4, 0.5) is 19.0 Å². The van der Waals surface area contributed by atoms with Gasteiger partial charge in [-0.3, -0.25) is 9.69 Å². The van der Waals surface area contributed by atoms with Gasteiger partial charge >= 0.3 is 6.18 Å². The average Bonchev–Trinajstić information content (AvgIpc) is 3.26. The molecule has 1 aliphatic heterocycles. The highest BCUT2D eigenvalue weighted by Crippen LogP contribution is 2.40. The number of hydrogen-bond donors (Lipinski definition) is 2. The van der Waals surface area contributed by atoms with Crippen LogP contribution in [0.15, 0.2) is 12.3 Å². The molecule has 2 N–H and O–H groups in total.